The molecule has 0 radical (unpaired) electrons. The fraction of sp³-hybridized carbons (Fsp3) is 0.0667. The minimum atomic E-state index is -0.821. The van der Waals surface area contributed by atoms with E-state index in [0.29, 0.717) is 5.56 Å². The lowest BCUT2D eigenvalue weighted by molar-refractivity contribution is 0.0197. The van der Waals surface area contributed by atoms with Crippen LogP contribution in [0, 0.1) is 0 Å². The second-order valence-corrected chi connectivity index (χ2v) is 3.92. The molecule has 0 aliphatic heterocycles. The number of ether oxygens (including phenoxy) is 1. The van der Waals surface area contributed by atoms with Crippen LogP contribution in [0.3, 0.4) is 0 Å². The van der Waals surface area contributed by atoms with Gasteiger partial charge in [-0.15, -0.1) is 5.48 Å². The van der Waals surface area contributed by atoms with Crippen molar-refractivity contribution >= 4 is 12.1 Å². The van der Waals surface area contributed by atoms with Gasteiger partial charge in [-0.3, -0.25) is 0 Å². The molecule has 2 rings (SSSR count). The maximum atomic E-state index is 11.5. The Hall–Kier alpha value is -2.82. The number of nitrogens with one attached hydrogen (secondary N) is 1. The summed E-state index contributed by atoms with van der Waals surface area (Å²) in [7, 11) is 0. The highest BCUT2D eigenvalue weighted by molar-refractivity contribution is 5.89. The fourth-order valence-corrected chi connectivity index (χ4v) is 1.47. The van der Waals surface area contributed by atoms with Crippen molar-refractivity contribution in [1.82, 2.24) is 5.48 Å². The highest BCUT2D eigenvalue weighted by atomic mass is 16.7. The first-order valence-corrected chi connectivity index (χ1v) is 5.98. The van der Waals surface area contributed by atoms with E-state index >= 15 is 0 Å². The lowest BCUT2D eigenvalue weighted by Gasteiger charge is -2.07. The maximum Gasteiger partial charge on any atom is 0.441 e. The zero-order valence-electron chi connectivity index (χ0n) is 10.6. The summed E-state index contributed by atoms with van der Waals surface area (Å²) in [4.78, 5) is 27.5. The number of amides is 1. The Morgan fingerprint density at radius 1 is 0.900 bits per heavy atom. The van der Waals surface area contributed by atoms with E-state index in [1.807, 2.05) is 35.8 Å². The Kier molecular flexibility index (Phi) is 4.72. The van der Waals surface area contributed by atoms with Gasteiger partial charge in [0.05, 0.1) is 5.56 Å². The molecule has 0 unspecified atom stereocenters. The van der Waals surface area contributed by atoms with Crippen molar-refractivity contribution in [2.45, 2.75) is 6.61 Å². The number of hydrogen-bond donors (Lipinski definition) is 1. The third kappa shape index (κ3) is 4.13. The molecule has 102 valence electrons. The molecule has 0 aliphatic rings. The van der Waals surface area contributed by atoms with Crippen molar-refractivity contribution in [3.8, 4) is 0 Å². The molecule has 0 atom stereocenters. The van der Waals surface area contributed by atoms with Crippen LogP contribution in [-0.2, 0) is 16.2 Å². The molecule has 0 aliphatic carbocycles. The van der Waals surface area contributed by atoms with Crippen LogP contribution in [-0.4, -0.2) is 12.1 Å². The van der Waals surface area contributed by atoms with Gasteiger partial charge >= 0.3 is 12.1 Å². The van der Waals surface area contributed by atoms with E-state index in [9.17, 15) is 9.59 Å². The van der Waals surface area contributed by atoms with E-state index in [1.54, 1.807) is 30.3 Å². The molecule has 2 aromatic carbocycles. The van der Waals surface area contributed by atoms with E-state index in [4.69, 9.17) is 4.74 Å². The van der Waals surface area contributed by atoms with E-state index in [1.165, 1.54) is 0 Å². The highest BCUT2D eigenvalue weighted by Gasteiger charge is 2.09. The van der Waals surface area contributed by atoms with E-state index < -0.39 is 12.1 Å². The van der Waals surface area contributed by atoms with Crippen LogP contribution in [0.15, 0.2) is 60.7 Å². The molecule has 0 heterocycles. The minimum absolute atomic E-state index is 0.107. The Morgan fingerprint density at radius 3 is 2.15 bits per heavy atom. The predicted molar refractivity (Wildman–Crippen MR) is 71.6 cm³/mol. The van der Waals surface area contributed by atoms with Crippen LogP contribution in [0.1, 0.15) is 15.9 Å². The minimum Gasteiger partial charge on any atom is -0.443 e. The van der Waals surface area contributed by atoms with Crippen LogP contribution >= 0.6 is 0 Å². The molecule has 1 N–H and O–H groups in total. The first-order valence-electron chi connectivity index (χ1n) is 5.98. The van der Waals surface area contributed by atoms with Crippen LogP contribution in [0.4, 0.5) is 4.79 Å². The van der Waals surface area contributed by atoms with Crippen molar-refractivity contribution in [3.63, 3.8) is 0 Å². The largest absolute Gasteiger partial charge is 0.443 e. The molecule has 0 bridgehead atoms. The summed E-state index contributed by atoms with van der Waals surface area (Å²) < 4.78 is 4.89. The first kappa shape index (κ1) is 13.6. The number of carbonyl (C=O) groups excluding carboxylic acids is 2. The molecule has 0 spiro atoms. The summed E-state index contributed by atoms with van der Waals surface area (Å²) in [6, 6.07) is 17.5. The summed E-state index contributed by atoms with van der Waals surface area (Å²) in [6.45, 7) is 0.107. The van der Waals surface area contributed by atoms with Crippen molar-refractivity contribution in [1.29, 1.82) is 0 Å². The van der Waals surface area contributed by atoms with Crippen LogP contribution < -0.4 is 5.48 Å². The van der Waals surface area contributed by atoms with Gasteiger partial charge in [-0.2, -0.15) is 0 Å². The summed E-state index contributed by atoms with van der Waals surface area (Å²) in [5.74, 6) is -0.651. The van der Waals surface area contributed by atoms with Crippen LogP contribution in [0.25, 0.3) is 0 Å². The Morgan fingerprint density at radius 2 is 1.50 bits per heavy atom. The number of benzene rings is 2. The Labute approximate surface area is 116 Å². The summed E-state index contributed by atoms with van der Waals surface area (Å²) in [5, 5.41) is 0. The molecule has 5 nitrogen and oxygen atoms in total. The number of carbonyl (C=O) groups is 2. The van der Waals surface area contributed by atoms with Gasteiger partial charge in [-0.25, -0.2) is 9.59 Å². The van der Waals surface area contributed by atoms with Crippen molar-refractivity contribution in [2.24, 2.45) is 0 Å². The third-order valence-electron chi connectivity index (χ3n) is 2.45. The molecule has 5 heteroatoms. The predicted octanol–water partition coefficient (Wildman–Crippen LogP) is 2.68. The molecule has 0 fully saturated rings. The highest BCUT2D eigenvalue weighted by Crippen LogP contribution is 2.02. The molecule has 1 amide bonds. The van der Waals surface area contributed by atoms with Gasteiger partial charge in [0.15, 0.2) is 0 Å². The van der Waals surface area contributed by atoms with Crippen molar-refractivity contribution < 1.29 is 19.2 Å². The number of rotatable bonds is 3. The maximum absolute atomic E-state index is 11.5. The second-order valence-electron chi connectivity index (χ2n) is 3.92. The summed E-state index contributed by atoms with van der Waals surface area (Å²) >= 11 is 0. The second kappa shape index (κ2) is 6.94. The smallest absolute Gasteiger partial charge is 0.441 e. The quantitative estimate of drug-likeness (QED) is 0.872. The van der Waals surface area contributed by atoms with Gasteiger partial charge in [0.25, 0.3) is 0 Å². The monoisotopic (exact) mass is 271 g/mol. The van der Waals surface area contributed by atoms with E-state index in [0.717, 1.165) is 5.56 Å². The SMILES string of the molecule is O=C(NOC(=O)c1ccccc1)OCc1ccccc1. The van der Waals surface area contributed by atoms with Gasteiger partial charge in [0.2, 0.25) is 0 Å². The van der Waals surface area contributed by atoms with Crippen molar-refractivity contribution in [2.75, 3.05) is 0 Å². The molecular weight excluding hydrogens is 258 g/mol. The zero-order valence-corrected chi connectivity index (χ0v) is 10.6. The number of hydrogen-bond acceptors (Lipinski definition) is 4. The Balaban J connectivity index is 1.74. The average molecular weight is 271 g/mol. The third-order valence-corrected chi connectivity index (χ3v) is 2.45. The van der Waals surface area contributed by atoms with Crippen molar-refractivity contribution in [3.05, 3.63) is 71.8 Å². The summed E-state index contributed by atoms with van der Waals surface area (Å²) in [5.41, 5.74) is 3.13. The van der Waals surface area contributed by atoms with Gasteiger partial charge in [0, 0.05) is 0 Å². The molecular formula is C15H13NO4. The molecule has 20 heavy (non-hydrogen) atoms. The fourth-order valence-electron chi connectivity index (χ4n) is 1.47. The molecule has 0 aromatic heterocycles. The molecule has 2 aromatic rings. The molecule has 0 saturated heterocycles. The summed E-state index contributed by atoms with van der Waals surface area (Å²) in [6.07, 6.45) is -0.821. The van der Waals surface area contributed by atoms with Gasteiger partial charge in [-0.1, -0.05) is 48.5 Å². The van der Waals surface area contributed by atoms with Gasteiger partial charge < -0.3 is 9.57 Å². The average Bonchev–Trinajstić information content (AvgIpc) is 2.52. The normalized spacial score (nSPS) is 9.60. The topological polar surface area (TPSA) is 64.6 Å². The first-order chi connectivity index (χ1) is 9.75. The van der Waals surface area contributed by atoms with Crippen LogP contribution in [0.5, 0.6) is 0 Å². The lowest BCUT2D eigenvalue weighted by atomic mass is 10.2. The van der Waals surface area contributed by atoms with Gasteiger partial charge in [0.1, 0.15) is 6.61 Å². The van der Waals surface area contributed by atoms with E-state index in [2.05, 4.69) is 4.84 Å². The van der Waals surface area contributed by atoms with E-state index in [-0.39, 0.29) is 6.61 Å². The lowest BCUT2D eigenvalue weighted by Crippen LogP contribution is -2.27. The zero-order chi connectivity index (χ0) is 14.2. The molecule has 0 saturated carbocycles. The van der Waals surface area contributed by atoms with Crippen LogP contribution in [0.2, 0.25) is 0 Å². The number of hydroxylamine groups is 1. The Bertz CT molecular complexity index is 569. The standard InChI is InChI=1S/C15H13NO4/c17-14(13-9-5-2-6-10-13)20-16-15(18)19-11-12-7-3-1-4-8-12/h1-10H,11H2,(H,16,18). The van der Waals surface area contributed by atoms with Gasteiger partial charge in [-0.05, 0) is 17.7 Å².